The number of hydrogen-bond acceptors (Lipinski definition) is 3. The highest BCUT2D eigenvalue weighted by Gasteiger charge is 2.17. The molecule has 1 rings (SSSR count). The summed E-state index contributed by atoms with van der Waals surface area (Å²) in [6, 6.07) is 3.13. The molecular formula is C9H10O3. The average Bonchev–Trinajstić information content (AvgIpc) is 2.55. The van der Waals surface area contributed by atoms with E-state index in [2.05, 4.69) is 6.58 Å². The minimum atomic E-state index is -1.03. The lowest BCUT2D eigenvalue weighted by molar-refractivity contribution is 0.0723. The van der Waals surface area contributed by atoms with E-state index in [-0.39, 0.29) is 12.2 Å². The lowest BCUT2D eigenvalue weighted by atomic mass is 10.1. The second-order valence-corrected chi connectivity index (χ2v) is 2.38. The molecule has 0 aliphatic heterocycles. The Kier molecular flexibility index (Phi) is 2.82. The maximum Gasteiger partial charge on any atom is 0.226 e. The van der Waals surface area contributed by atoms with Crippen molar-refractivity contribution in [1.29, 1.82) is 0 Å². The molecule has 3 heteroatoms. The summed E-state index contributed by atoms with van der Waals surface area (Å²) in [5.74, 6) is -0.218. The van der Waals surface area contributed by atoms with Crippen molar-refractivity contribution >= 4 is 5.78 Å². The number of hydrogen-bond donors (Lipinski definition) is 1. The zero-order chi connectivity index (χ0) is 8.97. The molecule has 0 spiro atoms. The molecule has 0 aromatic carbocycles. The van der Waals surface area contributed by atoms with Gasteiger partial charge in [0, 0.05) is 0 Å². The molecule has 64 valence electrons. The van der Waals surface area contributed by atoms with E-state index < -0.39 is 11.9 Å². The zero-order valence-electron chi connectivity index (χ0n) is 6.56. The lowest BCUT2D eigenvalue weighted by Gasteiger charge is -2.02. The van der Waals surface area contributed by atoms with Crippen LogP contribution in [-0.2, 0) is 0 Å². The van der Waals surface area contributed by atoms with Crippen LogP contribution in [0.25, 0.3) is 0 Å². The lowest BCUT2D eigenvalue weighted by Crippen LogP contribution is -2.18. The minimum absolute atomic E-state index is 0.185. The Balaban J connectivity index is 2.65. The molecule has 0 fully saturated rings. The molecule has 1 N–H and O–H groups in total. The summed E-state index contributed by atoms with van der Waals surface area (Å²) in [6.45, 7) is 3.42. The van der Waals surface area contributed by atoms with Gasteiger partial charge in [0.15, 0.2) is 5.76 Å². The molecule has 0 unspecified atom stereocenters. The van der Waals surface area contributed by atoms with Gasteiger partial charge in [0.2, 0.25) is 5.78 Å². The first-order valence-corrected chi connectivity index (χ1v) is 3.62. The number of carbonyl (C=O) groups is 1. The summed E-state index contributed by atoms with van der Waals surface area (Å²) in [5, 5.41) is 9.21. The summed E-state index contributed by atoms with van der Waals surface area (Å²) < 4.78 is 4.82. The van der Waals surface area contributed by atoms with Gasteiger partial charge in [0.25, 0.3) is 0 Å². The van der Waals surface area contributed by atoms with E-state index in [1.54, 1.807) is 6.07 Å². The van der Waals surface area contributed by atoms with E-state index in [0.717, 1.165) is 0 Å². The molecule has 0 amide bonds. The van der Waals surface area contributed by atoms with Crippen molar-refractivity contribution < 1.29 is 14.3 Å². The third-order valence-corrected chi connectivity index (χ3v) is 1.46. The van der Waals surface area contributed by atoms with E-state index >= 15 is 0 Å². The number of aliphatic hydroxyl groups excluding tert-OH is 1. The molecule has 12 heavy (non-hydrogen) atoms. The van der Waals surface area contributed by atoms with Crippen LogP contribution in [0.1, 0.15) is 17.0 Å². The molecule has 0 saturated carbocycles. The number of Topliss-reactive ketones (excluding diaryl/α,β-unsaturated/α-hetero) is 1. The second-order valence-electron chi connectivity index (χ2n) is 2.38. The fraction of sp³-hybridized carbons (Fsp3) is 0.222. The highest BCUT2D eigenvalue weighted by Crippen LogP contribution is 2.06. The topological polar surface area (TPSA) is 50.4 Å². The van der Waals surface area contributed by atoms with Gasteiger partial charge >= 0.3 is 0 Å². The SMILES string of the molecule is C=CC[C@@H](O)C(=O)c1ccco1. The normalized spacial score (nSPS) is 12.4. The van der Waals surface area contributed by atoms with Crippen molar-refractivity contribution in [1.82, 2.24) is 0 Å². The van der Waals surface area contributed by atoms with Gasteiger partial charge < -0.3 is 9.52 Å². The Hall–Kier alpha value is -1.35. The van der Waals surface area contributed by atoms with Crippen LogP contribution in [-0.4, -0.2) is 17.0 Å². The fourth-order valence-corrected chi connectivity index (χ4v) is 0.848. The predicted molar refractivity (Wildman–Crippen MR) is 43.9 cm³/mol. The number of furan rings is 1. The number of rotatable bonds is 4. The van der Waals surface area contributed by atoms with Gasteiger partial charge in [0.1, 0.15) is 6.10 Å². The van der Waals surface area contributed by atoms with E-state index in [1.807, 2.05) is 0 Å². The van der Waals surface area contributed by atoms with Crippen molar-refractivity contribution in [2.75, 3.05) is 0 Å². The second kappa shape index (κ2) is 3.88. The first kappa shape index (κ1) is 8.74. The van der Waals surface area contributed by atoms with Gasteiger partial charge in [-0.05, 0) is 18.6 Å². The third-order valence-electron chi connectivity index (χ3n) is 1.46. The predicted octanol–water partition coefficient (Wildman–Crippen LogP) is 1.40. The fourth-order valence-electron chi connectivity index (χ4n) is 0.848. The molecule has 0 bridgehead atoms. The molecule has 1 atom stereocenters. The maximum absolute atomic E-state index is 11.2. The van der Waals surface area contributed by atoms with Crippen LogP contribution in [0.3, 0.4) is 0 Å². The summed E-state index contributed by atoms with van der Waals surface area (Å²) in [5.41, 5.74) is 0. The molecular weight excluding hydrogens is 156 g/mol. The van der Waals surface area contributed by atoms with E-state index in [1.165, 1.54) is 18.4 Å². The first-order chi connectivity index (χ1) is 5.75. The molecule has 0 radical (unpaired) electrons. The van der Waals surface area contributed by atoms with Gasteiger partial charge in [-0.2, -0.15) is 0 Å². The molecule has 0 aliphatic rings. The standard InChI is InChI=1S/C9H10O3/c1-2-4-7(10)9(11)8-5-3-6-12-8/h2-3,5-7,10H,1,4H2/t7-/m1/s1. The largest absolute Gasteiger partial charge is 0.461 e. The Morgan fingerprint density at radius 1 is 1.83 bits per heavy atom. The Labute approximate surface area is 70.3 Å². The van der Waals surface area contributed by atoms with Crippen LogP contribution >= 0.6 is 0 Å². The maximum atomic E-state index is 11.2. The highest BCUT2D eigenvalue weighted by atomic mass is 16.3. The summed E-state index contributed by atoms with van der Waals surface area (Å²) >= 11 is 0. The van der Waals surface area contributed by atoms with Crippen molar-refractivity contribution in [2.45, 2.75) is 12.5 Å². The molecule has 3 nitrogen and oxygen atoms in total. The molecule has 1 aromatic rings. The zero-order valence-corrected chi connectivity index (χ0v) is 6.56. The molecule has 1 aromatic heterocycles. The van der Waals surface area contributed by atoms with Crippen LogP contribution in [0.2, 0.25) is 0 Å². The van der Waals surface area contributed by atoms with Crippen molar-refractivity contribution in [2.24, 2.45) is 0 Å². The molecule has 1 heterocycles. The van der Waals surface area contributed by atoms with Crippen molar-refractivity contribution in [3.05, 3.63) is 36.8 Å². The van der Waals surface area contributed by atoms with Crippen LogP contribution in [0.5, 0.6) is 0 Å². The van der Waals surface area contributed by atoms with Crippen LogP contribution in [0, 0.1) is 0 Å². The molecule has 0 aliphatic carbocycles. The minimum Gasteiger partial charge on any atom is -0.461 e. The van der Waals surface area contributed by atoms with Crippen LogP contribution in [0.4, 0.5) is 0 Å². The summed E-state index contributed by atoms with van der Waals surface area (Å²) in [7, 11) is 0. The number of ketones is 1. The highest BCUT2D eigenvalue weighted by molar-refractivity contribution is 5.96. The average molecular weight is 166 g/mol. The van der Waals surface area contributed by atoms with Crippen molar-refractivity contribution in [3.8, 4) is 0 Å². The summed E-state index contributed by atoms with van der Waals surface area (Å²) in [6.07, 6.45) is 2.10. The number of aliphatic hydroxyl groups is 1. The van der Waals surface area contributed by atoms with Crippen LogP contribution in [0.15, 0.2) is 35.5 Å². The van der Waals surface area contributed by atoms with Gasteiger partial charge in [-0.3, -0.25) is 4.79 Å². The van der Waals surface area contributed by atoms with E-state index in [4.69, 9.17) is 4.42 Å². The number of carbonyl (C=O) groups excluding carboxylic acids is 1. The van der Waals surface area contributed by atoms with Gasteiger partial charge in [-0.25, -0.2) is 0 Å². The molecule has 0 saturated heterocycles. The van der Waals surface area contributed by atoms with Crippen molar-refractivity contribution in [3.63, 3.8) is 0 Å². The van der Waals surface area contributed by atoms with Gasteiger partial charge in [-0.15, -0.1) is 6.58 Å². The quantitative estimate of drug-likeness (QED) is 0.543. The Morgan fingerprint density at radius 2 is 2.58 bits per heavy atom. The van der Waals surface area contributed by atoms with E-state index in [9.17, 15) is 9.90 Å². The monoisotopic (exact) mass is 166 g/mol. The first-order valence-electron chi connectivity index (χ1n) is 3.62. The van der Waals surface area contributed by atoms with Crippen LogP contribution < -0.4 is 0 Å². The smallest absolute Gasteiger partial charge is 0.226 e. The van der Waals surface area contributed by atoms with E-state index in [0.29, 0.717) is 0 Å². The Morgan fingerprint density at radius 3 is 3.08 bits per heavy atom. The Bertz CT molecular complexity index is 261. The third kappa shape index (κ3) is 1.83. The summed E-state index contributed by atoms with van der Waals surface area (Å²) in [4.78, 5) is 11.2. The van der Waals surface area contributed by atoms with Gasteiger partial charge in [-0.1, -0.05) is 6.08 Å². The van der Waals surface area contributed by atoms with Gasteiger partial charge in [0.05, 0.1) is 6.26 Å².